The van der Waals surface area contributed by atoms with Crippen molar-refractivity contribution in [3.05, 3.63) is 64.7 Å². The molecule has 0 aromatic heterocycles. The second-order valence-corrected chi connectivity index (χ2v) is 5.03. The van der Waals surface area contributed by atoms with E-state index >= 15 is 0 Å². The molecule has 0 fully saturated rings. The van der Waals surface area contributed by atoms with Gasteiger partial charge in [0.25, 0.3) is 0 Å². The van der Waals surface area contributed by atoms with Gasteiger partial charge in [-0.1, -0.05) is 6.07 Å². The lowest BCUT2D eigenvalue weighted by Crippen LogP contribution is -2.05. The minimum Gasteiger partial charge on any atom is -0.489 e. The SMILES string of the molecule is N[C@H]1CCc2cc(OCc3cc(F)ccc3F)ccc21. The van der Waals surface area contributed by atoms with Crippen molar-refractivity contribution in [1.29, 1.82) is 0 Å². The molecule has 1 aliphatic rings. The minimum atomic E-state index is -0.468. The van der Waals surface area contributed by atoms with Gasteiger partial charge in [-0.25, -0.2) is 8.78 Å². The van der Waals surface area contributed by atoms with Gasteiger partial charge in [0.2, 0.25) is 0 Å². The van der Waals surface area contributed by atoms with E-state index in [1.807, 2.05) is 18.2 Å². The number of aryl methyl sites for hydroxylation is 1. The van der Waals surface area contributed by atoms with E-state index in [1.54, 1.807) is 0 Å². The maximum absolute atomic E-state index is 13.5. The first kappa shape index (κ1) is 13.1. The van der Waals surface area contributed by atoms with Crippen LogP contribution in [-0.4, -0.2) is 0 Å². The van der Waals surface area contributed by atoms with Crippen molar-refractivity contribution in [2.75, 3.05) is 0 Å². The monoisotopic (exact) mass is 275 g/mol. The smallest absolute Gasteiger partial charge is 0.130 e. The first-order chi connectivity index (χ1) is 9.63. The first-order valence-electron chi connectivity index (χ1n) is 6.58. The second-order valence-electron chi connectivity index (χ2n) is 5.03. The van der Waals surface area contributed by atoms with Gasteiger partial charge in [-0.05, 0) is 54.3 Å². The van der Waals surface area contributed by atoms with Crippen molar-refractivity contribution in [3.63, 3.8) is 0 Å². The molecule has 104 valence electrons. The van der Waals surface area contributed by atoms with E-state index in [1.165, 1.54) is 5.56 Å². The summed E-state index contributed by atoms with van der Waals surface area (Å²) in [5.74, 6) is -0.277. The third kappa shape index (κ3) is 2.51. The Kier molecular flexibility index (Phi) is 3.40. The largest absolute Gasteiger partial charge is 0.489 e. The van der Waals surface area contributed by atoms with Crippen LogP contribution in [0.1, 0.15) is 29.2 Å². The molecule has 0 aliphatic heterocycles. The fourth-order valence-electron chi connectivity index (χ4n) is 2.53. The lowest BCUT2D eigenvalue weighted by atomic mass is 10.1. The van der Waals surface area contributed by atoms with E-state index in [4.69, 9.17) is 10.5 Å². The molecule has 4 heteroatoms. The highest BCUT2D eigenvalue weighted by atomic mass is 19.1. The van der Waals surface area contributed by atoms with E-state index in [9.17, 15) is 8.78 Å². The minimum absolute atomic E-state index is 0.00837. The molecule has 0 radical (unpaired) electrons. The molecule has 2 nitrogen and oxygen atoms in total. The summed E-state index contributed by atoms with van der Waals surface area (Å²) in [6.07, 6.45) is 1.87. The quantitative estimate of drug-likeness (QED) is 0.930. The normalized spacial score (nSPS) is 17.1. The molecule has 0 saturated carbocycles. The average molecular weight is 275 g/mol. The third-order valence-electron chi connectivity index (χ3n) is 3.64. The van der Waals surface area contributed by atoms with Gasteiger partial charge in [-0.3, -0.25) is 0 Å². The van der Waals surface area contributed by atoms with Crippen LogP contribution in [0.2, 0.25) is 0 Å². The highest BCUT2D eigenvalue weighted by Crippen LogP contribution is 2.32. The van der Waals surface area contributed by atoms with Crippen LogP contribution < -0.4 is 10.5 Å². The van der Waals surface area contributed by atoms with Gasteiger partial charge >= 0.3 is 0 Å². The van der Waals surface area contributed by atoms with Crippen molar-refractivity contribution in [3.8, 4) is 5.75 Å². The number of nitrogens with two attached hydrogens (primary N) is 1. The maximum Gasteiger partial charge on any atom is 0.130 e. The predicted molar refractivity (Wildman–Crippen MR) is 72.4 cm³/mol. The van der Waals surface area contributed by atoms with Crippen LogP contribution >= 0.6 is 0 Å². The standard InChI is InChI=1S/C16H15F2NO/c17-12-2-5-15(18)11(7-12)9-20-13-3-4-14-10(8-13)1-6-16(14)19/h2-5,7-8,16H,1,6,9,19H2/t16-/m0/s1. The van der Waals surface area contributed by atoms with Gasteiger partial charge in [0.15, 0.2) is 0 Å². The van der Waals surface area contributed by atoms with Crippen LogP contribution in [0.4, 0.5) is 8.78 Å². The summed E-state index contributed by atoms with van der Waals surface area (Å²) in [5.41, 5.74) is 8.50. The number of benzene rings is 2. The molecule has 20 heavy (non-hydrogen) atoms. The number of hydrogen-bond donors (Lipinski definition) is 1. The molecule has 0 heterocycles. The van der Waals surface area contributed by atoms with Crippen LogP contribution in [0.5, 0.6) is 5.75 Å². The Morgan fingerprint density at radius 1 is 1.15 bits per heavy atom. The number of ether oxygens (including phenoxy) is 1. The zero-order chi connectivity index (χ0) is 14.1. The van der Waals surface area contributed by atoms with E-state index in [2.05, 4.69) is 0 Å². The molecule has 1 atom stereocenters. The molecular weight excluding hydrogens is 260 g/mol. The number of halogens is 2. The lowest BCUT2D eigenvalue weighted by Gasteiger charge is -2.10. The molecule has 0 unspecified atom stereocenters. The molecule has 2 aromatic carbocycles. The van der Waals surface area contributed by atoms with Crippen LogP contribution in [0.25, 0.3) is 0 Å². The van der Waals surface area contributed by atoms with Crippen molar-refractivity contribution in [2.24, 2.45) is 5.73 Å². The van der Waals surface area contributed by atoms with Gasteiger partial charge in [-0.2, -0.15) is 0 Å². The van der Waals surface area contributed by atoms with Crippen LogP contribution in [0.3, 0.4) is 0 Å². The summed E-state index contributed by atoms with van der Waals surface area (Å²) in [7, 11) is 0. The summed E-state index contributed by atoms with van der Waals surface area (Å²) >= 11 is 0. The fourth-order valence-corrected chi connectivity index (χ4v) is 2.53. The third-order valence-corrected chi connectivity index (χ3v) is 3.64. The Morgan fingerprint density at radius 3 is 2.85 bits per heavy atom. The van der Waals surface area contributed by atoms with Crippen molar-refractivity contribution >= 4 is 0 Å². The van der Waals surface area contributed by atoms with Crippen molar-refractivity contribution < 1.29 is 13.5 Å². The van der Waals surface area contributed by atoms with Gasteiger partial charge in [0.05, 0.1) is 0 Å². The number of hydrogen-bond acceptors (Lipinski definition) is 2. The summed E-state index contributed by atoms with van der Waals surface area (Å²) < 4.78 is 32.1. The van der Waals surface area contributed by atoms with Crippen LogP contribution in [-0.2, 0) is 13.0 Å². The Hall–Kier alpha value is -1.94. The lowest BCUT2D eigenvalue weighted by molar-refractivity contribution is 0.298. The van der Waals surface area contributed by atoms with E-state index in [-0.39, 0.29) is 18.2 Å². The Labute approximate surface area is 116 Å². The van der Waals surface area contributed by atoms with Crippen molar-refractivity contribution in [1.82, 2.24) is 0 Å². The topological polar surface area (TPSA) is 35.2 Å². The van der Waals surface area contributed by atoms with E-state index in [0.717, 1.165) is 36.6 Å². The average Bonchev–Trinajstić information content (AvgIpc) is 2.81. The molecular formula is C16H15F2NO. The Balaban J connectivity index is 1.74. The van der Waals surface area contributed by atoms with Gasteiger partial charge < -0.3 is 10.5 Å². The summed E-state index contributed by atoms with van der Waals surface area (Å²) in [6, 6.07) is 9.15. The fraction of sp³-hybridized carbons (Fsp3) is 0.250. The molecule has 0 amide bonds. The summed E-state index contributed by atoms with van der Waals surface area (Å²) in [4.78, 5) is 0. The predicted octanol–water partition coefficient (Wildman–Crippen LogP) is 3.49. The number of rotatable bonds is 3. The van der Waals surface area contributed by atoms with E-state index in [0.29, 0.717) is 5.75 Å². The molecule has 3 rings (SSSR count). The van der Waals surface area contributed by atoms with Crippen LogP contribution in [0, 0.1) is 11.6 Å². The molecule has 0 bridgehead atoms. The zero-order valence-electron chi connectivity index (χ0n) is 10.9. The summed E-state index contributed by atoms with van der Waals surface area (Å²) in [6.45, 7) is 0.00837. The van der Waals surface area contributed by atoms with Crippen molar-refractivity contribution in [2.45, 2.75) is 25.5 Å². The summed E-state index contributed by atoms with van der Waals surface area (Å²) in [5, 5.41) is 0. The molecule has 1 aliphatic carbocycles. The first-order valence-corrected chi connectivity index (χ1v) is 6.58. The van der Waals surface area contributed by atoms with Gasteiger partial charge in [0.1, 0.15) is 24.0 Å². The maximum atomic E-state index is 13.5. The molecule has 2 aromatic rings. The second kappa shape index (κ2) is 5.21. The molecule has 0 saturated heterocycles. The number of fused-ring (bicyclic) bond motifs is 1. The zero-order valence-corrected chi connectivity index (χ0v) is 10.9. The molecule has 0 spiro atoms. The Morgan fingerprint density at radius 2 is 2.00 bits per heavy atom. The highest BCUT2D eigenvalue weighted by Gasteiger charge is 2.19. The van der Waals surface area contributed by atoms with Gasteiger partial charge in [0, 0.05) is 11.6 Å². The van der Waals surface area contributed by atoms with E-state index < -0.39 is 11.6 Å². The van der Waals surface area contributed by atoms with Crippen LogP contribution in [0.15, 0.2) is 36.4 Å². The Bertz CT molecular complexity index is 642. The molecule has 2 N–H and O–H groups in total. The highest BCUT2D eigenvalue weighted by molar-refractivity contribution is 5.40. The van der Waals surface area contributed by atoms with Gasteiger partial charge in [-0.15, -0.1) is 0 Å².